The lowest BCUT2D eigenvalue weighted by Gasteiger charge is -2.40. The molecule has 0 saturated carbocycles. The van der Waals surface area contributed by atoms with Crippen molar-refractivity contribution in [3.05, 3.63) is 34.4 Å². The van der Waals surface area contributed by atoms with E-state index in [4.69, 9.17) is 9.47 Å². The van der Waals surface area contributed by atoms with Crippen LogP contribution in [0.5, 0.6) is 0 Å². The summed E-state index contributed by atoms with van der Waals surface area (Å²) in [4.78, 5) is 27.7. The number of carbonyl (C=O) groups is 1. The number of rotatable bonds is 3. The van der Waals surface area contributed by atoms with Crippen LogP contribution in [0.3, 0.4) is 0 Å². The molecule has 1 spiro atoms. The number of benzene rings is 1. The van der Waals surface area contributed by atoms with Gasteiger partial charge in [-0.1, -0.05) is 12.1 Å². The predicted octanol–water partition coefficient (Wildman–Crippen LogP) is 2.18. The fourth-order valence-corrected chi connectivity index (χ4v) is 4.36. The van der Waals surface area contributed by atoms with Crippen LogP contribution in [0.4, 0.5) is 11.4 Å². The molecule has 3 aliphatic rings. The summed E-state index contributed by atoms with van der Waals surface area (Å²) in [7, 11) is 0. The van der Waals surface area contributed by atoms with E-state index in [1.165, 1.54) is 6.07 Å². The summed E-state index contributed by atoms with van der Waals surface area (Å²) >= 11 is 0. The van der Waals surface area contributed by atoms with Crippen molar-refractivity contribution in [3.63, 3.8) is 0 Å². The Hall–Kier alpha value is -2.19. The number of nitrogens with zero attached hydrogens (tertiary/aromatic N) is 3. The molecule has 4 rings (SSSR count). The fraction of sp³-hybridized carbons (Fsp3) is 0.632. The minimum Gasteiger partial charge on any atom is -0.366 e. The number of nitro groups is 1. The highest BCUT2D eigenvalue weighted by molar-refractivity contribution is 5.79. The van der Waals surface area contributed by atoms with Crippen LogP contribution in [0.2, 0.25) is 0 Å². The van der Waals surface area contributed by atoms with Gasteiger partial charge in [0.25, 0.3) is 5.69 Å². The van der Waals surface area contributed by atoms with E-state index in [0.29, 0.717) is 45.1 Å². The Morgan fingerprint density at radius 3 is 2.33 bits per heavy atom. The highest BCUT2D eigenvalue weighted by atomic mass is 16.7. The Morgan fingerprint density at radius 1 is 1.07 bits per heavy atom. The Morgan fingerprint density at radius 2 is 1.70 bits per heavy atom. The van der Waals surface area contributed by atoms with Crippen LogP contribution >= 0.6 is 0 Å². The SMILES string of the molecule is O=C(C1CCN(c2ccccc2[N+](=O)[O-])CC1)N1CCC2(CC1)OCCO2. The highest BCUT2D eigenvalue weighted by Gasteiger charge is 2.42. The summed E-state index contributed by atoms with van der Waals surface area (Å²) in [6.07, 6.45) is 2.90. The zero-order valence-electron chi connectivity index (χ0n) is 15.3. The lowest BCUT2D eigenvalue weighted by atomic mass is 9.93. The van der Waals surface area contributed by atoms with Gasteiger partial charge < -0.3 is 19.3 Å². The average molecular weight is 375 g/mol. The van der Waals surface area contributed by atoms with Crippen molar-refractivity contribution in [1.29, 1.82) is 0 Å². The van der Waals surface area contributed by atoms with Crippen LogP contribution in [0.15, 0.2) is 24.3 Å². The molecular weight excluding hydrogens is 350 g/mol. The van der Waals surface area contributed by atoms with Crippen molar-refractivity contribution in [1.82, 2.24) is 4.90 Å². The smallest absolute Gasteiger partial charge is 0.292 e. The predicted molar refractivity (Wildman–Crippen MR) is 98.5 cm³/mol. The number of para-hydroxylation sites is 2. The quantitative estimate of drug-likeness (QED) is 0.595. The molecular formula is C19H25N3O5. The zero-order chi connectivity index (χ0) is 18.9. The topological polar surface area (TPSA) is 85.2 Å². The van der Waals surface area contributed by atoms with E-state index in [9.17, 15) is 14.9 Å². The average Bonchev–Trinajstić information content (AvgIpc) is 3.16. The molecule has 8 heteroatoms. The Labute approximate surface area is 158 Å². The molecule has 0 bridgehead atoms. The van der Waals surface area contributed by atoms with E-state index in [1.807, 2.05) is 15.9 Å². The van der Waals surface area contributed by atoms with Crippen molar-refractivity contribution >= 4 is 17.3 Å². The minimum atomic E-state index is -0.466. The third-order valence-corrected chi connectivity index (χ3v) is 5.91. The molecule has 146 valence electrons. The van der Waals surface area contributed by atoms with Crippen LogP contribution in [-0.2, 0) is 14.3 Å². The second kappa shape index (κ2) is 7.44. The summed E-state index contributed by atoms with van der Waals surface area (Å²) in [6.45, 7) is 3.93. The summed E-state index contributed by atoms with van der Waals surface area (Å²) < 4.78 is 11.5. The van der Waals surface area contributed by atoms with E-state index in [1.54, 1.807) is 12.1 Å². The van der Waals surface area contributed by atoms with Gasteiger partial charge in [-0.05, 0) is 18.9 Å². The largest absolute Gasteiger partial charge is 0.366 e. The van der Waals surface area contributed by atoms with Crippen LogP contribution in [0.1, 0.15) is 25.7 Å². The molecule has 0 radical (unpaired) electrons. The number of likely N-dealkylation sites (tertiary alicyclic amines) is 1. The minimum absolute atomic E-state index is 0.0107. The van der Waals surface area contributed by atoms with Gasteiger partial charge in [-0.15, -0.1) is 0 Å². The number of hydrogen-bond acceptors (Lipinski definition) is 6. The molecule has 1 aromatic rings. The molecule has 3 saturated heterocycles. The molecule has 3 heterocycles. The Bertz CT molecular complexity index is 701. The third-order valence-electron chi connectivity index (χ3n) is 5.91. The van der Waals surface area contributed by atoms with Crippen molar-refractivity contribution in [3.8, 4) is 0 Å². The maximum absolute atomic E-state index is 12.9. The van der Waals surface area contributed by atoms with Gasteiger partial charge >= 0.3 is 0 Å². The second-order valence-electron chi connectivity index (χ2n) is 7.44. The van der Waals surface area contributed by atoms with Gasteiger partial charge in [0, 0.05) is 51.0 Å². The zero-order valence-corrected chi connectivity index (χ0v) is 15.3. The lowest BCUT2D eigenvalue weighted by molar-refractivity contribution is -0.384. The van der Waals surface area contributed by atoms with Gasteiger partial charge in [0.2, 0.25) is 5.91 Å². The van der Waals surface area contributed by atoms with E-state index in [-0.39, 0.29) is 22.4 Å². The molecule has 3 aliphatic heterocycles. The first-order valence-corrected chi connectivity index (χ1v) is 9.63. The van der Waals surface area contributed by atoms with E-state index < -0.39 is 5.79 Å². The fourth-order valence-electron chi connectivity index (χ4n) is 4.36. The normalized spacial score (nSPS) is 23.0. The maximum Gasteiger partial charge on any atom is 0.292 e. The monoisotopic (exact) mass is 375 g/mol. The first-order chi connectivity index (χ1) is 13.1. The van der Waals surface area contributed by atoms with Crippen molar-refractivity contribution < 1.29 is 19.2 Å². The third kappa shape index (κ3) is 3.64. The number of carbonyl (C=O) groups excluding carboxylic acids is 1. The van der Waals surface area contributed by atoms with Crippen molar-refractivity contribution in [2.45, 2.75) is 31.5 Å². The van der Waals surface area contributed by atoms with Gasteiger partial charge in [-0.3, -0.25) is 14.9 Å². The van der Waals surface area contributed by atoms with Crippen molar-refractivity contribution in [2.24, 2.45) is 5.92 Å². The van der Waals surface area contributed by atoms with Gasteiger partial charge in [0.1, 0.15) is 5.69 Å². The van der Waals surface area contributed by atoms with Crippen LogP contribution in [0, 0.1) is 16.0 Å². The standard InChI is InChI=1S/C19H25N3O5/c23-18(21-11-7-19(8-12-21)26-13-14-27-19)15-5-9-20(10-6-15)16-3-1-2-4-17(16)22(24)25/h1-4,15H,5-14H2. The number of amides is 1. The summed E-state index contributed by atoms with van der Waals surface area (Å²) in [5.74, 6) is -0.277. The number of nitro benzene ring substituents is 1. The second-order valence-corrected chi connectivity index (χ2v) is 7.44. The first-order valence-electron chi connectivity index (χ1n) is 9.63. The number of ether oxygens (including phenoxy) is 2. The Balaban J connectivity index is 1.33. The molecule has 0 aromatic heterocycles. The van der Waals surface area contributed by atoms with E-state index in [0.717, 1.165) is 25.7 Å². The molecule has 8 nitrogen and oxygen atoms in total. The van der Waals surface area contributed by atoms with Crippen molar-refractivity contribution in [2.75, 3.05) is 44.3 Å². The van der Waals surface area contributed by atoms with E-state index in [2.05, 4.69) is 0 Å². The molecule has 0 atom stereocenters. The highest BCUT2D eigenvalue weighted by Crippen LogP contribution is 2.34. The molecule has 0 unspecified atom stereocenters. The van der Waals surface area contributed by atoms with Gasteiger partial charge in [-0.25, -0.2) is 0 Å². The Kier molecular flexibility index (Phi) is 5.01. The number of hydrogen-bond donors (Lipinski definition) is 0. The molecule has 3 fully saturated rings. The molecule has 1 amide bonds. The van der Waals surface area contributed by atoms with E-state index >= 15 is 0 Å². The maximum atomic E-state index is 12.9. The van der Waals surface area contributed by atoms with Crippen LogP contribution in [-0.4, -0.2) is 60.9 Å². The molecule has 1 aromatic carbocycles. The van der Waals surface area contributed by atoms with Gasteiger partial charge in [-0.2, -0.15) is 0 Å². The van der Waals surface area contributed by atoms with Gasteiger partial charge in [0.15, 0.2) is 5.79 Å². The number of anilines is 1. The summed E-state index contributed by atoms with van der Waals surface area (Å²) in [5, 5.41) is 11.2. The molecule has 27 heavy (non-hydrogen) atoms. The first kappa shape index (κ1) is 18.2. The molecule has 0 N–H and O–H groups in total. The summed E-state index contributed by atoms with van der Waals surface area (Å²) in [5.41, 5.74) is 0.768. The van der Waals surface area contributed by atoms with Gasteiger partial charge in [0.05, 0.1) is 18.1 Å². The van der Waals surface area contributed by atoms with Crippen LogP contribution < -0.4 is 4.90 Å². The molecule has 0 aliphatic carbocycles. The summed E-state index contributed by atoms with van der Waals surface area (Å²) in [6, 6.07) is 6.81. The number of piperidine rings is 2. The van der Waals surface area contributed by atoms with Crippen LogP contribution in [0.25, 0.3) is 0 Å². The lowest BCUT2D eigenvalue weighted by Crippen LogP contribution is -2.50.